The highest BCUT2D eigenvalue weighted by Crippen LogP contribution is 2.31. The van der Waals surface area contributed by atoms with Crippen molar-refractivity contribution in [2.45, 2.75) is 41.0 Å². The van der Waals surface area contributed by atoms with Crippen LogP contribution in [0.5, 0.6) is 0 Å². The van der Waals surface area contributed by atoms with Crippen molar-refractivity contribution in [2.75, 3.05) is 12.0 Å². The van der Waals surface area contributed by atoms with Crippen LogP contribution in [0.4, 0.5) is 5.69 Å². The molecule has 2 heterocycles. The fraction of sp³-hybridized carbons (Fsp3) is 0.467. The van der Waals surface area contributed by atoms with E-state index >= 15 is 0 Å². The van der Waals surface area contributed by atoms with Gasteiger partial charge in [-0.05, 0) is 34.1 Å². The summed E-state index contributed by atoms with van der Waals surface area (Å²) >= 11 is 0. The summed E-state index contributed by atoms with van der Waals surface area (Å²) in [6.07, 6.45) is 0.603. The van der Waals surface area contributed by atoms with Crippen molar-refractivity contribution in [2.24, 2.45) is 5.10 Å². The van der Waals surface area contributed by atoms with Gasteiger partial charge in [-0.3, -0.25) is 10.5 Å². The number of hydrogen-bond donors (Lipinski definition) is 2. The quantitative estimate of drug-likeness (QED) is 0.503. The molecule has 2 aromatic rings. The van der Waals surface area contributed by atoms with Crippen molar-refractivity contribution < 1.29 is 9.53 Å². The molecule has 0 aliphatic carbocycles. The summed E-state index contributed by atoms with van der Waals surface area (Å²) in [6.45, 7) is 9.63. The summed E-state index contributed by atoms with van der Waals surface area (Å²) in [6, 6.07) is 0. The number of nitrogens with zero attached hydrogens (tertiary/aromatic N) is 3. The van der Waals surface area contributed by atoms with Gasteiger partial charge in [0.05, 0.1) is 29.1 Å². The van der Waals surface area contributed by atoms with Crippen LogP contribution in [0.1, 0.15) is 49.4 Å². The molecule has 0 fully saturated rings. The van der Waals surface area contributed by atoms with Crippen LogP contribution in [0.2, 0.25) is 0 Å². The van der Waals surface area contributed by atoms with Gasteiger partial charge >= 0.3 is 5.97 Å². The number of rotatable bonds is 5. The van der Waals surface area contributed by atoms with Gasteiger partial charge in [-0.2, -0.15) is 10.2 Å². The largest absolute Gasteiger partial charge is 0.462 e. The van der Waals surface area contributed by atoms with Crippen molar-refractivity contribution in [3.05, 3.63) is 17.0 Å². The van der Waals surface area contributed by atoms with Crippen LogP contribution >= 0.6 is 0 Å². The number of ether oxygens (including phenoxy) is 1. The van der Waals surface area contributed by atoms with Gasteiger partial charge in [0.2, 0.25) is 0 Å². The van der Waals surface area contributed by atoms with Crippen LogP contribution in [0.3, 0.4) is 0 Å². The lowest BCUT2D eigenvalue weighted by Crippen LogP contribution is -2.13. The number of aromatic nitrogens is 3. The van der Waals surface area contributed by atoms with Crippen LogP contribution in [0.25, 0.3) is 11.0 Å². The molecule has 7 heteroatoms. The third-order valence-electron chi connectivity index (χ3n) is 3.17. The zero-order chi connectivity index (χ0) is 16.3. The van der Waals surface area contributed by atoms with Gasteiger partial charge in [0.25, 0.3) is 0 Å². The number of aryl methyl sites for hydroxylation is 2. The van der Waals surface area contributed by atoms with Crippen LogP contribution in [0.15, 0.2) is 5.10 Å². The topological polar surface area (TPSA) is 92.3 Å². The van der Waals surface area contributed by atoms with E-state index in [0.717, 1.165) is 16.8 Å². The molecule has 22 heavy (non-hydrogen) atoms. The number of anilines is 1. The second-order valence-electron chi connectivity index (χ2n) is 5.09. The summed E-state index contributed by atoms with van der Waals surface area (Å²) in [5.74, 6) is -0.402. The van der Waals surface area contributed by atoms with Crippen LogP contribution in [0, 0.1) is 6.92 Å². The first-order valence-electron chi connectivity index (χ1n) is 7.31. The van der Waals surface area contributed by atoms with Crippen LogP contribution in [-0.2, 0) is 11.2 Å². The lowest BCUT2D eigenvalue weighted by Gasteiger charge is -2.13. The molecule has 2 rings (SSSR count). The van der Waals surface area contributed by atoms with Gasteiger partial charge in [0, 0.05) is 5.71 Å². The highest BCUT2D eigenvalue weighted by molar-refractivity contribution is 6.06. The van der Waals surface area contributed by atoms with Gasteiger partial charge in [0.15, 0.2) is 5.65 Å². The average molecular weight is 303 g/mol. The number of pyridine rings is 1. The van der Waals surface area contributed by atoms with E-state index < -0.39 is 5.97 Å². The first kappa shape index (κ1) is 15.9. The maximum atomic E-state index is 12.4. The van der Waals surface area contributed by atoms with E-state index in [9.17, 15) is 4.79 Å². The summed E-state index contributed by atoms with van der Waals surface area (Å²) in [5, 5.41) is 12.1. The SMILES string of the molecule is CCOC(=O)c1c(CC)nc2[nH]nc(C)c2c1NN=C(C)C. The Balaban J connectivity index is 2.75. The number of carbonyl (C=O) groups is 1. The third-order valence-corrected chi connectivity index (χ3v) is 3.17. The Labute approximate surface area is 129 Å². The molecule has 0 aliphatic heterocycles. The number of fused-ring (bicyclic) bond motifs is 1. The smallest absolute Gasteiger partial charge is 0.342 e. The molecule has 0 radical (unpaired) electrons. The molecule has 2 aromatic heterocycles. The predicted molar refractivity (Wildman–Crippen MR) is 86.4 cm³/mol. The number of carbonyl (C=O) groups excluding carboxylic acids is 1. The Morgan fingerprint density at radius 1 is 1.36 bits per heavy atom. The Bertz CT molecular complexity index is 729. The first-order chi connectivity index (χ1) is 10.5. The maximum Gasteiger partial charge on any atom is 0.342 e. The van der Waals surface area contributed by atoms with Gasteiger partial charge in [-0.25, -0.2) is 9.78 Å². The standard InChI is InChI=1S/C15H21N5O2/c1-6-10-12(15(21)22-7-2)13(19-17-8(3)4)11-9(5)18-20-14(11)16-10/h6-7H2,1-5H3,(H2,16,18,19,20). The number of esters is 1. The molecular formula is C15H21N5O2. The molecule has 7 nitrogen and oxygen atoms in total. The number of aromatic amines is 1. The Morgan fingerprint density at radius 2 is 2.09 bits per heavy atom. The molecule has 0 aliphatic rings. The predicted octanol–water partition coefficient (Wildman–Crippen LogP) is 2.81. The van der Waals surface area contributed by atoms with Crippen molar-refractivity contribution in [3.8, 4) is 0 Å². The van der Waals surface area contributed by atoms with E-state index in [1.165, 1.54) is 0 Å². The van der Waals surface area contributed by atoms with Crippen molar-refractivity contribution in [1.82, 2.24) is 15.2 Å². The lowest BCUT2D eigenvalue weighted by atomic mass is 10.1. The summed E-state index contributed by atoms with van der Waals surface area (Å²) in [4.78, 5) is 16.9. The number of H-pyrrole nitrogens is 1. The van der Waals surface area contributed by atoms with Gasteiger partial charge in [-0.15, -0.1) is 0 Å². The third kappa shape index (κ3) is 2.93. The fourth-order valence-corrected chi connectivity index (χ4v) is 2.22. The lowest BCUT2D eigenvalue weighted by molar-refractivity contribution is 0.0526. The maximum absolute atomic E-state index is 12.4. The second-order valence-corrected chi connectivity index (χ2v) is 5.09. The summed E-state index contributed by atoms with van der Waals surface area (Å²) in [5.41, 5.74) is 6.88. The minimum Gasteiger partial charge on any atom is -0.462 e. The Kier molecular flexibility index (Phi) is 4.75. The molecule has 0 unspecified atom stereocenters. The molecule has 0 bridgehead atoms. The Morgan fingerprint density at radius 3 is 2.68 bits per heavy atom. The molecular weight excluding hydrogens is 282 g/mol. The molecule has 0 spiro atoms. The van der Waals surface area contributed by atoms with Crippen molar-refractivity contribution in [1.29, 1.82) is 0 Å². The zero-order valence-electron chi connectivity index (χ0n) is 13.6. The normalized spacial score (nSPS) is 10.6. The summed E-state index contributed by atoms with van der Waals surface area (Å²) in [7, 11) is 0. The van der Waals surface area contributed by atoms with Crippen molar-refractivity contribution >= 4 is 28.4 Å². The minimum absolute atomic E-state index is 0.305. The molecule has 0 atom stereocenters. The van der Waals surface area contributed by atoms with Gasteiger partial charge < -0.3 is 4.74 Å². The van der Waals surface area contributed by atoms with Crippen LogP contribution < -0.4 is 5.43 Å². The fourth-order valence-electron chi connectivity index (χ4n) is 2.22. The van der Waals surface area contributed by atoms with Crippen LogP contribution in [-0.4, -0.2) is 33.5 Å². The van der Waals surface area contributed by atoms with E-state index in [0.29, 0.717) is 35.6 Å². The average Bonchev–Trinajstić information content (AvgIpc) is 2.85. The van der Waals surface area contributed by atoms with E-state index in [1.54, 1.807) is 6.92 Å². The summed E-state index contributed by atoms with van der Waals surface area (Å²) < 4.78 is 5.19. The zero-order valence-corrected chi connectivity index (χ0v) is 13.6. The number of hydrogen-bond acceptors (Lipinski definition) is 6. The number of hydrazone groups is 1. The van der Waals surface area contributed by atoms with E-state index in [1.807, 2.05) is 27.7 Å². The number of nitrogens with one attached hydrogen (secondary N) is 2. The van der Waals surface area contributed by atoms with Crippen molar-refractivity contribution in [3.63, 3.8) is 0 Å². The molecule has 2 N–H and O–H groups in total. The molecule has 0 saturated heterocycles. The molecule has 0 saturated carbocycles. The molecule has 118 valence electrons. The second kappa shape index (κ2) is 6.55. The monoisotopic (exact) mass is 303 g/mol. The van der Waals surface area contributed by atoms with Gasteiger partial charge in [-0.1, -0.05) is 6.92 Å². The highest BCUT2D eigenvalue weighted by atomic mass is 16.5. The van der Waals surface area contributed by atoms with E-state index in [4.69, 9.17) is 4.74 Å². The van der Waals surface area contributed by atoms with Gasteiger partial charge in [0.1, 0.15) is 5.56 Å². The Hall–Kier alpha value is -2.44. The molecule has 0 aromatic carbocycles. The minimum atomic E-state index is -0.402. The highest BCUT2D eigenvalue weighted by Gasteiger charge is 2.23. The van der Waals surface area contributed by atoms with E-state index in [2.05, 4.69) is 25.7 Å². The first-order valence-corrected chi connectivity index (χ1v) is 7.31. The molecule has 0 amide bonds. The van der Waals surface area contributed by atoms with E-state index in [-0.39, 0.29) is 0 Å².